The highest BCUT2D eigenvalue weighted by atomic mass is 16.5. The van der Waals surface area contributed by atoms with Gasteiger partial charge in [0.25, 0.3) is 5.91 Å². The van der Waals surface area contributed by atoms with Crippen LogP contribution < -0.4 is 5.32 Å². The van der Waals surface area contributed by atoms with Crippen LogP contribution in [0.2, 0.25) is 0 Å². The van der Waals surface area contributed by atoms with Gasteiger partial charge >= 0.3 is 0 Å². The lowest BCUT2D eigenvalue weighted by Crippen LogP contribution is -2.30. The van der Waals surface area contributed by atoms with Gasteiger partial charge in [0.05, 0.1) is 12.1 Å². The van der Waals surface area contributed by atoms with E-state index in [4.69, 9.17) is 4.74 Å². The van der Waals surface area contributed by atoms with Crippen LogP contribution in [0.3, 0.4) is 0 Å². The van der Waals surface area contributed by atoms with E-state index in [0.717, 1.165) is 23.1 Å². The summed E-state index contributed by atoms with van der Waals surface area (Å²) in [5.74, 6) is -0.100. The van der Waals surface area contributed by atoms with Crippen LogP contribution in [0, 0.1) is 0 Å². The zero-order chi connectivity index (χ0) is 15.2. The van der Waals surface area contributed by atoms with Crippen molar-refractivity contribution in [2.45, 2.75) is 6.92 Å². The van der Waals surface area contributed by atoms with Crippen molar-refractivity contribution in [2.24, 2.45) is 0 Å². The van der Waals surface area contributed by atoms with Gasteiger partial charge in [0, 0.05) is 38.3 Å². The van der Waals surface area contributed by atoms with Crippen molar-refractivity contribution in [3.8, 4) is 0 Å². The second-order valence-electron chi connectivity index (χ2n) is 4.82. The molecule has 1 N–H and O–H groups in total. The molecule has 5 heteroatoms. The molecule has 0 atom stereocenters. The van der Waals surface area contributed by atoms with Gasteiger partial charge in [-0.25, -0.2) is 4.98 Å². The van der Waals surface area contributed by atoms with Crippen molar-refractivity contribution < 1.29 is 9.53 Å². The number of nitrogens with one attached hydrogen (secondary N) is 1. The highest BCUT2D eigenvalue weighted by molar-refractivity contribution is 5.99. The number of carbonyl (C=O) groups is 1. The molecular weight excluding hydrogens is 266 g/mol. The Hall–Kier alpha value is -2.14. The number of hydrogen-bond acceptors (Lipinski definition) is 4. The standard InChI is InChI=1S/C16H21N3O2/c1-4-17-14-11-15(16(20)19(2)9-10-21-3)18-13-8-6-5-7-12(13)14/h5-8,11H,4,9-10H2,1-3H3,(H,17,18). The first-order valence-electron chi connectivity index (χ1n) is 7.05. The van der Waals surface area contributed by atoms with Crippen LogP contribution in [-0.4, -0.2) is 49.6 Å². The minimum absolute atomic E-state index is 0.100. The number of aromatic nitrogens is 1. The molecule has 0 saturated heterocycles. The topological polar surface area (TPSA) is 54.5 Å². The number of amides is 1. The SMILES string of the molecule is CCNc1cc(C(=O)N(C)CCOC)nc2ccccc12. The van der Waals surface area contributed by atoms with Gasteiger partial charge in [-0.2, -0.15) is 0 Å². The third-order valence-electron chi connectivity index (χ3n) is 3.28. The third kappa shape index (κ3) is 3.49. The molecule has 0 fully saturated rings. The molecule has 0 unspecified atom stereocenters. The lowest BCUT2D eigenvalue weighted by atomic mass is 10.1. The van der Waals surface area contributed by atoms with Crippen LogP contribution in [0.4, 0.5) is 5.69 Å². The average molecular weight is 287 g/mol. The molecule has 112 valence electrons. The number of hydrogen-bond donors (Lipinski definition) is 1. The number of para-hydroxylation sites is 1. The Morgan fingerprint density at radius 2 is 2.14 bits per heavy atom. The number of rotatable bonds is 6. The molecule has 0 spiro atoms. The summed E-state index contributed by atoms with van der Waals surface area (Å²) < 4.78 is 5.00. The summed E-state index contributed by atoms with van der Waals surface area (Å²) in [7, 11) is 3.38. The van der Waals surface area contributed by atoms with Crippen LogP contribution in [0.25, 0.3) is 10.9 Å². The minimum atomic E-state index is -0.100. The number of anilines is 1. The predicted octanol–water partition coefficient (Wildman–Crippen LogP) is 2.38. The Morgan fingerprint density at radius 3 is 2.86 bits per heavy atom. The molecule has 1 amide bonds. The lowest BCUT2D eigenvalue weighted by molar-refractivity contribution is 0.0739. The zero-order valence-electron chi connectivity index (χ0n) is 12.7. The van der Waals surface area contributed by atoms with Gasteiger partial charge in [0.1, 0.15) is 5.69 Å². The largest absolute Gasteiger partial charge is 0.385 e. The number of fused-ring (bicyclic) bond motifs is 1. The van der Waals surface area contributed by atoms with Gasteiger partial charge in [-0.3, -0.25) is 4.79 Å². The van der Waals surface area contributed by atoms with E-state index in [0.29, 0.717) is 18.8 Å². The minimum Gasteiger partial charge on any atom is -0.385 e. The van der Waals surface area contributed by atoms with Crippen molar-refractivity contribution >= 4 is 22.5 Å². The van der Waals surface area contributed by atoms with E-state index in [9.17, 15) is 4.79 Å². The van der Waals surface area contributed by atoms with Gasteiger partial charge in [-0.05, 0) is 19.1 Å². The number of pyridine rings is 1. The van der Waals surface area contributed by atoms with Gasteiger partial charge in [-0.1, -0.05) is 18.2 Å². The summed E-state index contributed by atoms with van der Waals surface area (Å²) in [4.78, 5) is 18.5. The first kappa shape index (κ1) is 15.3. The maximum atomic E-state index is 12.4. The molecule has 1 aromatic carbocycles. The number of methoxy groups -OCH3 is 1. The van der Waals surface area contributed by atoms with Crippen molar-refractivity contribution in [1.82, 2.24) is 9.88 Å². The number of likely N-dealkylation sites (N-methyl/N-ethyl adjacent to an activating group) is 1. The van der Waals surface area contributed by atoms with E-state index in [1.54, 1.807) is 19.1 Å². The molecule has 0 bridgehead atoms. The van der Waals surface area contributed by atoms with Crippen LogP contribution >= 0.6 is 0 Å². The lowest BCUT2D eigenvalue weighted by Gasteiger charge is -2.17. The fraction of sp³-hybridized carbons (Fsp3) is 0.375. The van der Waals surface area contributed by atoms with Crippen molar-refractivity contribution in [3.05, 3.63) is 36.0 Å². The molecule has 0 aliphatic rings. The second-order valence-corrected chi connectivity index (χ2v) is 4.82. The van der Waals surface area contributed by atoms with Crippen molar-refractivity contribution in [2.75, 3.05) is 39.2 Å². The van der Waals surface area contributed by atoms with E-state index in [1.165, 1.54) is 0 Å². The number of nitrogens with zero attached hydrogens (tertiary/aromatic N) is 2. The van der Waals surface area contributed by atoms with Gasteiger partial charge in [0.2, 0.25) is 0 Å². The van der Waals surface area contributed by atoms with E-state index < -0.39 is 0 Å². The van der Waals surface area contributed by atoms with Crippen molar-refractivity contribution in [3.63, 3.8) is 0 Å². The first-order valence-corrected chi connectivity index (χ1v) is 7.05. The fourth-order valence-corrected chi connectivity index (χ4v) is 2.15. The Bertz CT molecular complexity index is 628. The maximum Gasteiger partial charge on any atom is 0.272 e. The predicted molar refractivity (Wildman–Crippen MR) is 84.7 cm³/mol. The molecule has 21 heavy (non-hydrogen) atoms. The summed E-state index contributed by atoms with van der Waals surface area (Å²) in [5.41, 5.74) is 2.20. The average Bonchev–Trinajstić information content (AvgIpc) is 2.52. The van der Waals surface area contributed by atoms with E-state index in [2.05, 4.69) is 10.3 Å². The zero-order valence-corrected chi connectivity index (χ0v) is 12.7. The maximum absolute atomic E-state index is 12.4. The summed E-state index contributed by atoms with van der Waals surface area (Å²) in [6.07, 6.45) is 0. The Labute approximate surface area is 124 Å². The van der Waals surface area contributed by atoms with Crippen LogP contribution in [0.15, 0.2) is 30.3 Å². The monoisotopic (exact) mass is 287 g/mol. The van der Waals surface area contributed by atoms with E-state index in [1.807, 2.05) is 37.3 Å². The van der Waals surface area contributed by atoms with Crippen LogP contribution in [0.5, 0.6) is 0 Å². The van der Waals surface area contributed by atoms with Crippen molar-refractivity contribution in [1.29, 1.82) is 0 Å². The van der Waals surface area contributed by atoms with Crippen LogP contribution in [-0.2, 0) is 4.74 Å². The van der Waals surface area contributed by atoms with E-state index >= 15 is 0 Å². The molecular formula is C16H21N3O2. The molecule has 1 aromatic heterocycles. The summed E-state index contributed by atoms with van der Waals surface area (Å²) in [6.45, 7) is 3.87. The molecule has 0 saturated carbocycles. The molecule has 1 heterocycles. The van der Waals surface area contributed by atoms with Gasteiger partial charge in [-0.15, -0.1) is 0 Å². The Morgan fingerprint density at radius 1 is 1.38 bits per heavy atom. The van der Waals surface area contributed by atoms with E-state index in [-0.39, 0.29) is 5.91 Å². The quantitative estimate of drug-likeness (QED) is 0.886. The molecule has 0 radical (unpaired) electrons. The number of benzene rings is 1. The Balaban J connectivity index is 2.37. The van der Waals surface area contributed by atoms with Gasteiger partial charge in [0.15, 0.2) is 0 Å². The fourth-order valence-electron chi connectivity index (χ4n) is 2.15. The Kier molecular flexibility index (Phi) is 5.11. The highest BCUT2D eigenvalue weighted by Crippen LogP contribution is 2.23. The molecule has 5 nitrogen and oxygen atoms in total. The van der Waals surface area contributed by atoms with Crippen LogP contribution in [0.1, 0.15) is 17.4 Å². The first-order chi connectivity index (χ1) is 10.2. The molecule has 0 aliphatic carbocycles. The number of ether oxygens (including phenoxy) is 1. The molecule has 2 aromatic rings. The molecule has 2 rings (SSSR count). The normalized spacial score (nSPS) is 10.6. The number of carbonyl (C=O) groups excluding carboxylic acids is 1. The third-order valence-corrected chi connectivity index (χ3v) is 3.28. The summed E-state index contributed by atoms with van der Waals surface area (Å²) in [6, 6.07) is 9.63. The van der Waals surface area contributed by atoms with Gasteiger partial charge < -0.3 is 15.0 Å². The molecule has 0 aliphatic heterocycles. The summed E-state index contributed by atoms with van der Waals surface area (Å²) >= 11 is 0. The highest BCUT2D eigenvalue weighted by Gasteiger charge is 2.15. The second kappa shape index (κ2) is 7.04. The summed E-state index contributed by atoms with van der Waals surface area (Å²) in [5, 5.41) is 4.32. The smallest absolute Gasteiger partial charge is 0.272 e.